The third-order valence-electron chi connectivity index (χ3n) is 3.20. The number of rotatable bonds is 2. The van der Waals surface area contributed by atoms with Gasteiger partial charge >= 0.3 is 5.97 Å². The SMILES string of the molecule is C=CCC1=CC(=O)OC12CCCCC2. The lowest BCUT2D eigenvalue weighted by molar-refractivity contribution is -0.148. The summed E-state index contributed by atoms with van der Waals surface area (Å²) in [6.45, 7) is 3.72. The van der Waals surface area contributed by atoms with Crippen LogP contribution in [0.2, 0.25) is 0 Å². The number of carbonyl (C=O) groups excluding carboxylic acids is 1. The molecule has 2 rings (SSSR count). The Morgan fingerprint density at radius 2 is 2.14 bits per heavy atom. The van der Waals surface area contributed by atoms with Crippen LogP contribution in [-0.2, 0) is 9.53 Å². The summed E-state index contributed by atoms with van der Waals surface area (Å²) in [7, 11) is 0. The zero-order valence-electron chi connectivity index (χ0n) is 8.42. The molecule has 14 heavy (non-hydrogen) atoms. The normalized spacial score (nSPS) is 24.6. The molecular formula is C12H16O2. The fraction of sp³-hybridized carbons (Fsp3) is 0.583. The largest absolute Gasteiger partial charge is 0.451 e. The van der Waals surface area contributed by atoms with Gasteiger partial charge < -0.3 is 4.74 Å². The van der Waals surface area contributed by atoms with Gasteiger partial charge in [0, 0.05) is 6.08 Å². The third-order valence-corrected chi connectivity index (χ3v) is 3.20. The molecule has 0 unspecified atom stereocenters. The lowest BCUT2D eigenvalue weighted by atomic mass is 9.79. The molecule has 1 aliphatic heterocycles. The smallest absolute Gasteiger partial charge is 0.331 e. The van der Waals surface area contributed by atoms with E-state index in [4.69, 9.17) is 4.74 Å². The monoisotopic (exact) mass is 192 g/mol. The van der Waals surface area contributed by atoms with Gasteiger partial charge in [0.1, 0.15) is 5.60 Å². The summed E-state index contributed by atoms with van der Waals surface area (Å²) in [5.74, 6) is -0.163. The third kappa shape index (κ3) is 1.49. The van der Waals surface area contributed by atoms with E-state index in [9.17, 15) is 4.79 Å². The number of hydrogen-bond donors (Lipinski definition) is 0. The molecular weight excluding hydrogens is 176 g/mol. The van der Waals surface area contributed by atoms with E-state index in [-0.39, 0.29) is 11.6 Å². The number of hydrogen-bond acceptors (Lipinski definition) is 2. The summed E-state index contributed by atoms with van der Waals surface area (Å²) in [6, 6.07) is 0. The van der Waals surface area contributed by atoms with Crippen molar-refractivity contribution < 1.29 is 9.53 Å². The molecule has 0 saturated heterocycles. The first-order valence-electron chi connectivity index (χ1n) is 5.32. The first kappa shape index (κ1) is 9.50. The standard InChI is InChI=1S/C12H16O2/c1-2-6-10-9-11(13)14-12(10)7-4-3-5-8-12/h2,9H,1,3-8H2. The van der Waals surface area contributed by atoms with Crippen LogP contribution in [0.15, 0.2) is 24.3 Å². The predicted molar refractivity (Wildman–Crippen MR) is 54.8 cm³/mol. The summed E-state index contributed by atoms with van der Waals surface area (Å²) in [5, 5.41) is 0. The molecule has 0 aromatic heterocycles. The Bertz CT molecular complexity index is 283. The van der Waals surface area contributed by atoms with Gasteiger partial charge in [0.15, 0.2) is 0 Å². The highest BCUT2D eigenvalue weighted by Gasteiger charge is 2.42. The van der Waals surface area contributed by atoms with Crippen LogP contribution in [0.4, 0.5) is 0 Å². The van der Waals surface area contributed by atoms with E-state index >= 15 is 0 Å². The molecule has 0 atom stereocenters. The van der Waals surface area contributed by atoms with Gasteiger partial charge in [-0.25, -0.2) is 4.79 Å². The van der Waals surface area contributed by atoms with Gasteiger partial charge in [-0.2, -0.15) is 0 Å². The summed E-state index contributed by atoms with van der Waals surface area (Å²) in [6.07, 6.45) is 9.89. The van der Waals surface area contributed by atoms with Crippen molar-refractivity contribution in [3.63, 3.8) is 0 Å². The highest BCUT2D eigenvalue weighted by molar-refractivity contribution is 5.86. The van der Waals surface area contributed by atoms with Crippen LogP contribution in [0.25, 0.3) is 0 Å². The summed E-state index contributed by atoms with van der Waals surface area (Å²) in [4.78, 5) is 11.3. The molecule has 0 bridgehead atoms. The molecule has 0 N–H and O–H groups in total. The second kappa shape index (κ2) is 3.60. The van der Waals surface area contributed by atoms with Gasteiger partial charge in [0.05, 0.1) is 0 Å². The number of allylic oxidation sites excluding steroid dienone is 1. The molecule has 0 radical (unpaired) electrons. The zero-order chi connectivity index (χ0) is 10.0. The molecule has 1 spiro atoms. The molecule has 1 heterocycles. The van der Waals surface area contributed by atoms with Gasteiger partial charge in [0.25, 0.3) is 0 Å². The Kier molecular flexibility index (Phi) is 2.44. The van der Waals surface area contributed by atoms with Crippen molar-refractivity contribution in [1.82, 2.24) is 0 Å². The minimum absolute atomic E-state index is 0.163. The van der Waals surface area contributed by atoms with Crippen LogP contribution in [0.5, 0.6) is 0 Å². The number of carbonyl (C=O) groups is 1. The van der Waals surface area contributed by atoms with E-state index in [1.807, 2.05) is 6.08 Å². The lowest BCUT2D eigenvalue weighted by Crippen LogP contribution is -2.34. The maximum absolute atomic E-state index is 11.3. The van der Waals surface area contributed by atoms with Gasteiger partial charge in [-0.05, 0) is 37.7 Å². The van der Waals surface area contributed by atoms with Crippen molar-refractivity contribution >= 4 is 5.97 Å². The summed E-state index contributed by atoms with van der Waals surface area (Å²) in [5.41, 5.74) is 0.890. The minimum Gasteiger partial charge on any atom is -0.451 e. The van der Waals surface area contributed by atoms with Gasteiger partial charge in [-0.3, -0.25) is 0 Å². The highest BCUT2D eigenvalue weighted by Crippen LogP contribution is 2.42. The van der Waals surface area contributed by atoms with E-state index in [0.717, 1.165) is 24.8 Å². The molecule has 2 nitrogen and oxygen atoms in total. The van der Waals surface area contributed by atoms with Crippen molar-refractivity contribution in [1.29, 1.82) is 0 Å². The molecule has 1 saturated carbocycles. The van der Waals surface area contributed by atoms with Gasteiger partial charge in [-0.15, -0.1) is 6.58 Å². The van der Waals surface area contributed by atoms with E-state index < -0.39 is 0 Å². The first-order chi connectivity index (χ1) is 6.77. The van der Waals surface area contributed by atoms with Crippen molar-refractivity contribution in [2.75, 3.05) is 0 Å². The first-order valence-corrected chi connectivity index (χ1v) is 5.32. The second-order valence-corrected chi connectivity index (χ2v) is 4.14. The quantitative estimate of drug-likeness (QED) is 0.496. The molecule has 1 aliphatic carbocycles. The predicted octanol–water partition coefficient (Wildman–Crippen LogP) is 2.75. The van der Waals surface area contributed by atoms with Crippen molar-refractivity contribution in [2.45, 2.75) is 44.1 Å². The lowest BCUT2D eigenvalue weighted by Gasteiger charge is -2.34. The Morgan fingerprint density at radius 3 is 2.79 bits per heavy atom. The maximum atomic E-state index is 11.3. The molecule has 0 amide bonds. The Hall–Kier alpha value is -1.05. The molecule has 2 heteroatoms. The fourth-order valence-electron chi connectivity index (χ4n) is 2.51. The van der Waals surface area contributed by atoms with Crippen LogP contribution in [0.3, 0.4) is 0 Å². The number of ether oxygens (including phenoxy) is 1. The Labute approximate surface area is 84.6 Å². The van der Waals surface area contributed by atoms with Crippen LogP contribution in [0, 0.1) is 0 Å². The average molecular weight is 192 g/mol. The van der Waals surface area contributed by atoms with Gasteiger partial charge in [0.2, 0.25) is 0 Å². The molecule has 1 fully saturated rings. The Morgan fingerprint density at radius 1 is 1.43 bits per heavy atom. The van der Waals surface area contributed by atoms with Crippen LogP contribution in [-0.4, -0.2) is 11.6 Å². The van der Waals surface area contributed by atoms with Crippen LogP contribution in [0.1, 0.15) is 38.5 Å². The van der Waals surface area contributed by atoms with Crippen molar-refractivity contribution in [2.24, 2.45) is 0 Å². The highest BCUT2D eigenvalue weighted by atomic mass is 16.6. The van der Waals surface area contributed by atoms with Gasteiger partial charge in [-0.1, -0.05) is 12.5 Å². The van der Waals surface area contributed by atoms with Crippen molar-refractivity contribution in [3.8, 4) is 0 Å². The molecule has 0 aromatic carbocycles. The molecule has 2 aliphatic rings. The maximum Gasteiger partial charge on any atom is 0.331 e. The molecule has 0 aromatic rings. The topological polar surface area (TPSA) is 26.3 Å². The Balaban J connectivity index is 2.20. The van der Waals surface area contributed by atoms with E-state index in [0.29, 0.717) is 0 Å². The zero-order valence-corrected chi connectivity index (χ0v) is 8.42. The summed E-state index contributed by atoms with van der Waals surface area (Å²) >= 11 is 0. The van der Waals surface area contributed by atoms with Crippen LogP contribution < -0.4 is 0 Å². The fourth-order valence-corrected chi connectivity index (χ4v) is 2.51. The minimum atomic E-state index is -0.247. The van der Waals surface area contributed by atoms with E-state index in [1.54, 1.807) is 6.08 Å². The van der Waals surface area contributed by atoms with E-state index in [2.05, 4.69) is 6.58 Å². The van der Waals surface area contributed by atoms with E-state index in [1.165, 1.54) is 19.3 Å². The van der Waals surface area contributed by atoms with Crippen molar-refractivity contribution in [3.05, 3.63) is 24.3 Å². The average Bonchev–Trinajstić information content (AvgIpc) is 2.45. The second-order valence-electron chi connectivity index (χ2n) is 4.14. The molecule has 76 valence electrons. The number of esters is 1. The summed E-state index contributed by atoms with van der Waals surface area (Å²) < 4.78 is 5.48. The van der Waals surface area contributed by atoms with Crippen LogP contribution >= 0.6 is 0 Å².